The zero-order valence-electron chi connectivity index (χ0n) is 13.7. The lowest BCUT2D eigenvalue weighted by atomic mass is 10.2. The smallest absolute Gasteiger partial charge is 0.259 e. The number of hydrogen-bond acceptors (Lipinski definition) is 5. The monoisotopic (exact) mass is 338 g/mol. The zero-order chi connectivity index (χ0) is 17.9. The van der Waals surface area contributed by atoms with Gasteiger partial charge in [-0.05, 0) is 24.3 Å². The number of para-hydroxylation sites is 1. The molecule has 2 aromatic rings. The molecule has 25 heavy (non-hydrogen) atoms. The third-order valence-electron chi connectivity index (χ3n) is 3.05. The Labute approximate surface area is 145 Å². The first-order valence-corrected chi connectivity index (χ1v) is 7.51. The van der Waals surface area contributed by atoms with Crippen molar-refractivity contribution in [3.63, 3.8) is 0 Å². The van der Waals surface area contributed by atoms with Gasteiger partial charge in [-0.15, -0.1) is 0 Å². The highest BCUT2D eigenvalue weighted by molar-refractivity contribution is 5.94. The number of aromatic nitrogens is 1. The molecule has 2 rings (SSSR count). The summed E-state index contributed by atoms with van der Waals surface area (Å²) in [7, 11) is 1.56. The Morgan fingerprint density at radius 1 is 1.20 bits per heavy atom. The first kappa shape index (κ1) is 17.9. The first-order valence-electron chi connectivity index (χ1n) is 7.51. The highest BCUT2D eigenvalue weighted by Crippen LogP contribution is 2.18. The van der Waals surface area contributed by atoms with Crippen molar-refractivity contribution in [2.75, 3.05) is 13.7 Å². The van der Waals surface area contributed by atoms with Crippen LogP contribution >= 0.6 is 0 Å². The summed E-state index contributed by atoms with van der Waals surface area (Å²) >= 11 is 0. The Hall–Kier alpha value is -3.48. The largest absolute Gasteiger partial charge is 0.496 e. The van der Waals surface area contributed by atoms with E-state index < -0.39 is 11.8 Å². The molecule has 0 bridgehead atoms. The number of carbonyl (C=O) groups excluding carboxylic acids is 2. The molecule has 128 valence electrons. The maximum absolute atomic E-state index is 11.7. The van der Waals surface area contributed by atoms with Gasteiger partial charge >= 0.3 is 0 Å². The Morgan fingerprint density at radius 3 is 2.76 bits per heavy atom. The van der Waals surface area contributed by atoms with Gasteiger partial charge in [0.25, 0.3) is 5.91 Å². The number of nitrogens with zero attached hydrogens (tertiary/aromatic N) is 2. The summed E-state index contributed by atoms with van der Waals surface area (Å²) in [6.45, 7) is -0.186. The molecule has 2 N–H and O–H groups in total. The topological polar surface area (TPSA) is 92.7 Å². The van der Waals surface area contributed by atoms with Crippen LogP contribution in [0.1, 0.15) is 11.3 Å². The fraction of sp³-hybridized carbons (Fsp3) is 0.111. The van der Waals surface area contributed by atoms with Crippen molar-refractivity contribution >= 4 is 24.1 Å². The molecule has 0 unspecified atom stereocenters. The predicted octanol–water partition coefficient (Wildman–Crippen LogP) is 1.37. The Kier molecular flexibility index (Phi) is 6.87. The van der Waals surface area contributed by atoms with Crippen LogP contribution in [-0.2, 0) is 9.59 Å². The molecular formula is C18H18N4O3. The molecule has 2 amide bonds. The quantitative estimate of drug-likeness (QED) is 0.453. The number of carbonyl (C=O) groups is 2. The second-order valence-electron chi connectivity index (χ2n) is 4.84. The minimum atomic E-state index is -0.439. The molecule has 0 spiro atoms. The average Bonchev–Trinajstić information content (AvgIpc) is 2.65. The second-order valence-corrected chi connectivity index (χ2v) is 4.84. The van der Waals surface area contributed by atoms with E-state index >= 15 is 0 Å². The van der Waals surface area contributed by atoms with Gasteiger partial charge in [0.2, 0.25) is 5.91 Å². The van der Waals surface area contributed by atoms with Crippen LogP contribution in [0, 0.1) is 0 Å². The number of methoxy groups -OCH3 is 1. The standard InChI is InChI=1S/C18H18N4O3/c1-25-16-8-3-2-6-14(16)9-10-17(23)20-13-18(24)22-21-12-15-7-4-5-11-19-15/h2-12H,13H2,1H3,(H,20,23)(H,22,24)/b10-9-,21-12-. The molecule has 0 fully saturated rings. The maximum atomic E-state index is 11.7. The second kappa shape index (κ2) is 9.61. The number of benzene rings is 1. The number of amides is 2. The van der Waals surface area contributed by atoms with Crippen molar-refractivity contribution in [2.24, 2.45) is 5.10 Å². The number of pyridine rings is 1. The van der Waals surface area contributed by atoms with Crippen molar-refractivity contribution in [1.82, 2.24) is 15.7 Å². The van der Waals surface area contributed by atoms with Gasteiger partial charge in [-0.1, -0.05) is 24.3 Å². The predicted molar refractivity (Wildman–Crippen MR) is 95.0 cm³/mol. The zero-order valence-corrected chi connectivity index (χ0v) is 13.7. The van der Waals surface area contributed by atoms with E-state index in [4.69, 9.17) is 4.74 Å². The summed E-state index contributed by atoms with van der Waals surface area (Å²) in [5, 5.41) is 6.23. The van der Waals surface area contributed by atoms with Crippen LogP contribution in [0.5, 0.6) is 5.75 Å². The van der Waals surface area contributed by atoms with Crippen molar-refractivity contribution in [1.29, 1.82) is 0 Å². The van der Waals surface area contributed by atoms with E-state index in [1.165, 1.54) is 12.3 Å². The van der Waals surface area contributed by atoms with Crippen molar-refractivity contribution in [3.8, 4) is 5.75 Å². The molecule has 7 nitrogen and oxygen atoms in total. The molecule has 0 atom stereocenters. The van der Waals surface area contributed by atoms with E-state index in [0.29, 0.717) is 11.4 Å². The fourth-order valence-electron chi connectivity index (χ4n) is 1.86. The minimum Gasteiger partial charge on any atom is -0.496 e. The molecule has 7 heteroatoms. The van der Waals surface area contributed by atoms with E-state index in [0.717, 1.165) is 5.56 Å². The number of ether oxygens (including phenoxy) is 1. The summed E-state index contributed by atoms with van der Waals surface area (Å²) in [6.07, 6.45) is 5.99. The van der Waals surface area contributed by atoms with Crippen LogP contribution in [0.3, 0.4) is 0 Å². The number of nitrogens with one attached hydrogen (secondary N) is 2. The molecule has 1 aromatic carbocycles. The van der Waals surface area contributed by atoms with Crippen molar-refractivity contribution in [3.05, 3.63) is 66.0 Å². The lowest BCUT2D eigenvalue weighted by molar-refractivity contribution is -0.123. The summed E-state index contributed by atoms with van der Waals surface area (Å²) in [6, 6.07) is 12.6. The summed E-state index contributed by atoms with van der Waals surface area (Å²) in [4.78, 5) is 27.4. The van der Waals surface area contributed by atoms with Gasteiger partial charge in [0.1, 0.15) is 5.75 Å². The number of hydrazone groups is 1. The van der Waals surface area contributed by atoms with Gasteiger partial charge in [0.05, 0.1) is 25.6 Å². The third-order valence-corrected chi connectivity index (χ3v) is 3.05. The van der Waals surface area contributed by atoms with Crippen LogP contribution in [0.25, 0.3) is 6.08 Å². The molecule has 1 aromatic heterocycles. The highest BCUT2D eigenvalue weighted by Gasteiger charge is 2.03. The van der Waals surface area contributed by atoms with Crippen LogP contribution in [0.15, 0.2) is 59.8 Å². The van der Waals surface area contributed by atoms with Crippen LogP contribution in [-0.4, -0.2) is 36.7 Å². The van der Waals surface area contributed by atoms with Crippen molar-refractivity contribution in [2.45, 2.75) is 0 Å². The molecule has 0 aliphatic rings. The Balaban J connectivity index is 1.76. The van der Waals surface area contributed by atoms with Gasteiger partial charge < -0.3 is 10.1 Å². The van der Waals surface area contributed by atoms with Crippen LogP contribution < -0.4 is 15.5 Å². The van der Waals surface area contributed by atoms with Gasteiger partial charge in [0, 0.05) is 17.8 Å². The molecule has 0 aliphatic heterocycles. The lowest BCUT2D eigenvalue weighted by Crippen LogP contribution is -2.34. The number of hydrogen-bond donors (Lipinski definition) is 2. The van der Waals surface area contributed by atoms with Gasteiger partial charge in [-0.25, -0.2) is 5.43 Å². The SMILES string of the molecule is COc1ccccc1/C=C\C(=O)NCC(=O)N/N=C\c1ccccn1. The highest BCUT2D eigenvalue weighted by atomic mass is 16.5. The average molecular weight is 338 g/mol. The molecule has 0 radical (unpaired) electrons. The van der Waals surface area contributed by atoms with E-state index in [9.17, 15) is 9.59 Å². The Morgan fingerprint density at radius 2 is 2.00 bits per heavy atom. The Bertz CT molecular complexity index is 773. The van der Waals surface area contributed by atoms with E-state index in [1.54, 1.807) is 37.6 Å². The van der Waals surface area contributed by atoms with Crippen LogP contribution in [0.2, 0.25) is 0 Å². The van der Waals surface area contributed by atoms with Gasteiger partial charge in [-0.2, -0.15) is 5.10 Å². The summed E-state index contributed by atoms with van der Waals surface area (Å²) in [5.41, 5.74) is 3.70. The van der Waals surface area contributed by atoms with E-state index in [-0.39, 0.29) is 6.54 Å². The molecule has 0 aliphatic carbocycles. The summed E-state index contributed by atoms with van der Waals surface area (Å²) < 4.78 is 5.19. The van der Waals surface area contributed by atoms with Gasteiger partial charge in [0.15, 0.2) is 0 Å². The van der Waals surface area contributed by atoms with Crippen LogP contribution in [0.4, 0.5) is 0 Å². The van der Waals surface area contributed by atoms with Gasteiger partial charge in [-0.3, -0.25) is 14.6 Å². The van der Waals surface area contributed by atoms with E-state index in [2.05, 4.69) is 20.8 Å². The number of rotatable bonds is 7. The first-order chi connectivity index (χ1) is 12.2. The minimum absolute atomic E-state index is 0.186. The van der Waals surface area contributed by atoms with E-state index in [1.807, 2.05) is 24.3 Å². The fourth-order valence-corrected chi connectivity index (χ4v) is 1.86. The molecular weight excluding hydrogens is 320 g/mol. The maximum Gasteiger partial charge on any atom is 0.259 e. The molecule has 0 saturated carbocycles. The lowest BCUT2D eigenvalue weighted by Gasteiger charge is -2.03. The van der Waals surface area contributed by atoms with Crippen molar-refractivity contribution < 1.29 is 14.3 Å². The summed E-state index contributed by atoms with van der Waals surface area (Å²) in [5.74, 6) is -0.172. The normalized spacial score (nSPS) is 10.8. The molecule has 1 heterocycles. The third kappa shape index (κ3) is 6.26. The molecule has 0 saturated heterocycles.